The molecule has 5 amide bonds. The molecule has 0 unspecified atom stereocenters. The van der Waals surface area contributed by atoms with E-state index >= 15 is 0 Å². The normalized spacial score (nSPS) is 15.2. The SMILES string of the molecule is CCCCc1nc2c(N)nc3cc(C(=O)OC)ccc3c2n1Cc1ccc(CNC(=O)OCc2ccc(O[C@H]3O[C@H](COC(C)=O)[C@@H](OC(C)=O)[C@H](OC(C)=O)[C@@H]3OC(C)=O)c(NC(=O)CCNC(=O)[C@H](CCCCNC(=O)CCOCCOCCOCCOCCOCCOCCOCCOCCOCCOCCOCCOC)NC(=O)OCC3c4ccccc4-c4ccccc43)c2)cc1. The van der Waals surface area contributed by atoms with Crippen molar-refractivity contribution in [3.05, 3.63) is 148 Å². The van der Waals surface area contributed by atoms with Crippen molar-refractivity contribution in [2.45, 2.75) is 148 Å². The van der Waals surface area contributed by atoms with Crippen LogP contribution in [0.25, 0.3) is 33.1 Å². The smallest absolute Gasteiger partial charge is 0.407 e. The Balaban J connectivity index is 0.735. The van der Waals surface area contributed by atoms with E-state index in [-0.39, 0.29) is 94.6 Å². The summed E-state index contributed by atoms with van der Waals surface area (Å²) in [5, 5.41) is 14.6. The Morgan fingerprint density at radius 1 is 0.493 bits per heavy atom. The number of fused-ring (bicyclic) bond motifs is 6. The number of imidazole rings is 1. The zero-order valence-electron chi connectivity index (χ0n) is 78.4. The molecular formula is C96H129N9O31. The maximum atomic E-state index is 14.3. The van der Waals surface area contributed by atoms with Crippen molar-refractivity contribution in [3.8, 4) is 16.9 Å². The van der Waals surface area contributed by atoms with Gasteiger partial charge in [0.25, 0.3) is 0 Å². The number of anilines is 2. The number of aromatic nitrogens is 3. The first kappa shape index (κ1) is 108. The molecule has 1 fully saturated rings. The number of benzene rings is 5. The number of alkyl carbamates (subject to hydrolysis) is 2. The van der Waals surface area contributed by atoms with E-state index in [1.165, 1.54) is 25.3 Å². The summed E-state index contributed by atoms with van der Waals surface area (Å²) in [6, 6.07) is 31.4. The molecule has 0 spiro atoms. The Labute approximate surface area is 790 Å². The van der Waals surface area contributed by atoms with E-state index in [1.54, 1.807) is 19.2 Å². The van der Waals surface area contributed by atoms with Gasteiger partial charge in [0.05, 0.1) is 181 Å². The predicted molar refractivity (Wildman–Crippen MR) is 492 cm³/mol. The van der Waals surface area contributed by atoms with Gasteiger partial charge in [-0.1, -0.05) is 92.2 Å². The minimum Gasteiger partial charge on any atom is -0.465 e. The number of hydrogen-bond acceptors (Lipinski definition) is 34. The van der Waals surface area contributed by atoms with Crippen LogP contribution in [0.3, 0.4) is 0 Å². The average Bonchev–Trinajstić information content (AvgIpc) is 1.49. The van der Waals surface area contributed by atoms with Crippen LogP contribution in [-0.2, 0) is 154 Å². The van der Waals surface area contributed by atoms with Crippen molar-refractivity contribution in [2.24, 2.45) is 0 Å². The van der Waals surface area contributed by atoms with Gasteiger partial charge in [-0.3, -0.25) is 33.6 Å². The third kappa shape index (κ3) is 37.5. The van der Waals surface area contributed by atoms with Crippen LogP contribution in [0, 0.1) is 0 Å². The third-order valence-corrected chi connectivity index (χ3v) is 21.1. The summed E-state index contributed by atoms with van der Waals surface area (Å²) in [5.74, 6) is -5.01. The van der Waals surface area contributed by atoms with E-state index in [0.717, 1.165) is 90.6 Å². The Kier molecular flexibility index (Phi) is 48.3. The highest BCUT2D eigenvalue weighted by molar-refractivity contribution is 6.08. The molecule has 0 radical (unpaired) electrons. The Morgan fingerprint density at radius 2 is 1.03 bits per heavy atom. The van der Waals surface area contributed by atoms with Crippen molar-refractivity contribution < 1.29 is 147 Å². The number of nitrogens with zero attached hydrogens (tertiary/aromatic N) is 3. The zero-order valence-corrected chi connectivity index (χ0v) is 78.4. The summed E-state index contributed by atoms with van der Waals surface area (Å²) in [7, 11) is 2.94. The highest BCUT2D eigenvalue weighted by Crippen LogP contribution is 2.45. The average molecular weight is 1910 g/mol. The summed E-state index contributed by atoms with van der Waals surface area (Å²) in [5.41, 5.74) is 14.5. The van der Waals surface area contributed by atoms with Crippen LogP contribution in [-0.4, -0.2) is 304 Å². The van der Waals surface area contributed by atoms with Crippen LogP contribution in [0.15, 0.2) is 109 Å². The molecule has 9 rings (SSSR count). The van der Waals surface area contributed by atoms with Crippen molar-refractivity contribution in [3.63, 3.8) is 0 Å². The first-order valence-corrected chi connectivity index (χ1v) is 45.7. The predicted octanol–water partition coefficient (Wildman–Crippen LogP) is 8.09. The number of pyridine rings is 1. The van der Waals surface area contributed by atoms with Gasteiger partial charge >= 0.3 is 42.0 Å². The van der Waals surface area contributed by atoms with Gasteiger partial charge < -0.3 is 136 Å². The van der Waals surface area contributed by atoms with Crippen molar-refractivity contribution >= 4 is 93.2 Å². The maximum absolute atomic E-state index is 14.3. The largest absolute Gasteiger partial charge is 0.465 e. The lowest BCUT2D eigenvalue weighted by molar-refractivity contribution is -0.288. The van der Waals surface area contributed by atoms with E-state index in [9.17, 15) is 47.9 Å². The van der Waals surface area contributed by atoms with E-state index in [0.29, 0.717) is 180 Å². The molecule has 136 heavy (non-hydrogen) atoms. The van der Waals surface area contributed by atoms with Gasteiger partial charge in [-0.25, -0.2) is 24.4 Å². The molecule has 2 aliphatic rings. The number of esters is 5. The van der Waals surface area contributed by atoms with Crippen molar-refractivity contribution in [1.29, 1.82) is 0 Å². The van der Waals surface area contributed by atoms with E-state index in [4.69, 9.17) is 110 Å². The number of carbonyl (C=O) groups excluding carboxylic acids is 10. The summed E-state index contributed by atoms with van der Waals surface area (Å²) in [4.78, 5) is 141. The molecule has 2 aromatic heterocycles. The number of amides is 5. The summed E-state index contributed by atoms with van der Waals surface area (Å²) < 4.78 is 119. The molecule has 3 heterocycles. The van der Waals surface area contributed by atoms with Crippen LogP contribution in [0.2, 0.25) is 0 Å². The van der Waals surface area contributed by atoms with Crippen molar-refractivity contribution in [2.75, 3.05) is 204 Å². The quantitative estimate of drug-likeness (QED) is 0.0119. The number of carbonyl (C=O) groups is 10. The van der Waals surface area contributed by atoms with Gasteiger partial charge in [0, 0.05) is 91.6 Å². The highest BCUT2D eigenvalue weighted by atomic mass is 16.7. The summed E-state index contributed by atoms with van der Waals surface area (Å²) in [6.07, 6.45) is -6.76. The first-order valence-electron chi connectivity index (χ1n) is 45.7. The van der Waals surface area contributed by atoms with Gasteiger partial charge in [-0.15, -0.1) is 0 Å². The van der Waals surface area contributed by atoms with E-state index in [2.05, 4.69) is 43.1 Å². The highest BCUT2D eigenvalue weighted by Gasteiger charge is 2.54. The molecule has 5 aromatic carbocycles. The molecule has 40 nitrogen and oxygen atoms in total. The lowest BCUT2D eigenvalue weighted by atomic mass is 9.98. The maximum Gasteiger partial charge on any atom is 0.407 e. The second kappa shape index (κ2) is 60.8. The molecule has 1 aliphatic heterocycles. The summed E-state index contributed by atoms with van der Waals surface area (Å²) in [6.45, 7) is 15.4. The lowest BCUT2D eigenvalue weighted by Crippen LogP contribution is -2.63. The molecule has 0 bridgehead atoms. The summed E-state index contributed by atoms with van der Waals surface area (Å²) >= 11 is 0. The van der Waals surface area contributed by atoms with E-state index < -0.39 is 104 Å². The molecule has 6 atom stereocenters. The van der Waals surface area contributed by atoms with Crippen LogP contribution in [0.5, 0.6) is 5.75 Å². The zero-order chi connectivity index (χ0) is 97.0. The fourth-order valence-corrected chi connectivity index (χ4v) is 14.6. The van der Waals surface area contributed by atoms with Gasteiger partial charge in [0.1, 0.15) is 49.1 Å². The Bertz CT molecular complexity index is 4860. The molecule has 7 N–H and O–H groups in total. The number of hydrogen-bond donors (Lipinski definition) is 6. The number of nitrogens with one attached hydrogen (secondary N) is 5. The monoisotopic (exact) mass is 1900 g/mol. The van der Waals surface area contributed by atoms with Crippen LogP contribution in [0.4, 0.5) is 21.1 Å². The third-order valence-electron chi connectivity index (χ3n) is 21.1. The van der Waals surface area contributed by atoms with Gasteiger partial charge in [-0.2, -0.15) is 0 Å². The number of unbranched alkanes of at least 4 members (excludes halogenated alkanes) is 2. The Hall–Kier alpha value is -11.6. The topological polar surface area (TPSA) is 481 Å². The van der Waals surface area contributed by atoms with Crippen LogP contribution >= 0.6 is 0 Å². The van der Waals surface area contributed by atoms with E-state index in [1.807, 2.05) is 78.9 Å². The fraction of sp³-hybridized carbons (Fsp3) is 0.542. The fourth-order valence-electron chi connectivity index (χ4n) is 14.6. The van der Waals surface area contributed by atoms with Crippen LogP contribution < -0.4 is 37.1 Å². The standard InChI is InChI=1S/C96H129N9O31/c1-8-9-21-83-104-86-87(76-28-27-71(93(113)117-7)58-79(76)102-91(86)97)105(83)60-69-24-22-68(23-25-69)59-100-95(114)130-61-70-26-29-81(135-94-90(134-67(5)109)89(133-66(4)108)88(132-65(3)107)82(136-94)63-129-64(2)106)80(57-70)101-85(111)30-33-99-92(112)78(103-96(115)131-62-77-74-18-12-10-16-72(74)73-17-11-13-19-75(73)77)20-14-15-32-98-84(110)31-34-118-37-38-120-41-42-122-45-46-124-49-50-126-53-54-128-56-55-127-52-51-125-48-47-123-44-43-121-40-39-119-36-35-116-6/h10-13,16-19,22-29,57-58,77-78,82,88-90,94H,8-9,14-15,20-21,30-56,59-63H2,1-7H3,(H2,97,102)(H,98,110)(H,99,112)(H,100,114)(H,101,111)(H,103,115)/t78-,82+,88+,89-,90-,94-/m0/s1. The number of ether oxygens (including phenoxy) is 21. The minimum atomic E-state index is -1.76. The first-order chi connectivity index (χ1) is 66.1. The number of rotatable bonds is 66. The van der Waals surface area contributed by atoms with Gasteiger partial charge in [0.15, 0.2) is 18.0 Å². The number of nitrogen functional groups attached to an aromatic ring is 1. The lowest BCUT2D eigenvalue weighted by Gasteiger charge is -2.44. The Morgan fingerprint density at radius 3 is 1.58 bits per heavy atom. The molecule has 744 valence electrons. The molecular weight excluding hydrogens is 1780 g/mol. The second-order valence-corrected chi connectivity index (χ2v) is 31.3. The van der Waals surface area contributed by atoms with Gasteiger partial charge in [-0.05, 0) is 95.0 Å². The van der Waals surface area contributed by atoms with Crippen LogP contribution in [0.1, 0.15) is 129 Å². The molecule has 1 aliphatic carbocycles. The van der Waals surface area contributed by atoms with Gasteiger partial charge in [0.2, 0.25) is 30.1 Å². The second-order valence-electron chi connectivity index (χ2n) is 31.3. The number of aryl methyl sites for hydroxylation is 1. The van der Waals surface area contributed by atoms with Crippen molar-refractivity contribution in [1.82, 2.24) is 35.8 Å². The molecule has 40 heteroatoms. The molecule has 0 saturated carbocycles. The molecule has 7 aromatic rings. The minimum absolute atomic E-state index is 0.0478. The molecule has 1 saturated heterocycles. The number of methoxy groups -OCH3 is 2. The number of nitrogens with two attached hydrogens (primary N) is 1.